The van der Waals surface area contributed by atoms with E-state index in [0.29, 0.717) is 0 Å². The van der Waals surface area contributed by atoms with Gasteiger partial charge in [0.1, 0.15) is 12.7 Å². The van der Waals surface area contributed by atoms with Crippen molar-refractivity contribution < 1.29 is 37.0 Å². The Kier molecular flexibility index (Phi) is 4.16. The summed E-state index contributed by atoms with van der Waals surface area (Å²) in [6.07, 6.45) is -1.54. The van der Waals surface area contributed by atoms with Crippen LogP contribution in [-0.2, 0) is 14.3 Å². The first-order chi connectivity index (χ1) is 7.99. The molecule has 18 heavy (non-hydrogen) atoms. The van der Waals surface area contributed by atoms with Gasteiger partial charge in [0.25, 0.3) is 5.09 Å². The Hall–Kier alpha value is -0.580. The largest absolute Gasteiger partial charge is 0.382 e. The molecule has 0 radical (unpaired) electrons. The zero-order chi connectivity index (χ0) is 14.2. The van der Waals surface area contributed by atoms with E-state index in [1.54, 1.807) is 0 Å². The predicted octanol–water partition coefficient (Wildman–Crippen LogP) is 1.97. The Bertz CT molecular complexity index is 319. The topological polar surface area (TPSA) is 70.8 Å². The molecule has 0 aromatic heterocycles. The lowest BCUT2D eigenvalue weighted by Crippen LogP contribution is -2.57. The first-order valence-electron chi connectivity index (χ1n) is 4.22. The van der Waals surface area contributed by atoms with Crippen LogP contribution in [0.25, 0.3) is 0 Å². The van der Waals surface area contributed by atoms with Crippen molar-refractivity contribution in [1.29, 1.82) is 0 Å². The molecule has 1 saturated heterocycles. The van der Waals surface area contributed by atoms with Gasteiger partial charge in [-0.15, -0.1) is 10.1 Å². The highest BCUT2D eigenvalue weighted by molar-refractivity contribution is 6.26. The zero-order valence-corrected chi connectivity index (χ0v) is 9.76. The van der Waals surface area contributed by atoms with Crippen LogP contribution in [-0.4, -0.2) is 41.0 Å². The van der Waals surface area contributed by atoms with Crippen LogP contribution in [0, 0.1) is 10.1 Å². The molecule has 1 aliphatic rings. The summed E-state index contributed by atoms with van der Waals surface area (Å²) in [4.78, 5) is 13.6. The van der Waals surface area contributed by atoms with Crippen LogP contribution >= 0.6 is 23.2 Å². The molecule has 1 fully saturated rings. The molecule has 0 aliphatic carbocycles. The van der Waals surface area contributed by atoms with Gasteiger partial charge in [0.15, 0.2) is 0 Å². The van der Waals surface area contributed by atoms with E-state index in [0.717, 1.165) is 0 Å². The molecule has 1 aliphatic heterocycles. The van der Waals surface area contributed by atoms with Crippen molar-refractivity contribution in [3.63, 3.8) is 0 Å². The van der Waals surface area contributed by atoms with Gasteiger partial charge in [-0.05, 0) is 23.2 Å². The monoisotopic (exact) mass is 317 g/mol. The fourth-order valence-corrected chi connectivity index (χ4v) is 1.68. The Morgan fingerprint density at radius 2 is 1.89 bits per heavy atom. The number of hydrogen-bond donors (Lipinski definition) is 0. The van der Waals surface area contributed by atoms with Gasteiger partial charge in [-0.2, -0.15) is 17.6 Å². The first kappa shape index (κ1) is 15.5. The highest BCUT2D eigenvalue weighted by atomic mass is 35.5. The van der Waals surface area contributed by atoms with E-state index in [1.807, 2.05) is 0 Å². The minimum absolute atomic E-state index is 0.821. The highest BCUT2D eigenvalue weighted by Gasteiger charge is 2.73. The summed E-state index contributed by atoms with van der Waals surface area (Å²) in [6.45, 7) is -1.70. The molecule has 1 atom stereocenters. The van der Waals surface area contributed by atoms with Crippen molar-refractivity contribution in [2.75, 3.05) is 13.2 Å². The SMILES string of the molecule is O=[N+]([O-])OCC1COC(C(F)(F)Cl)(C(F)(F)Cl)O1. The van der Waals surface area contributed by atoms with E-state index < -0.39 is 41.0 Å². The third-order valence-corrected chi connectivity index (χ3v) is 2.41. The number of halogens is 6. The molecule has 0 bridgehead atoms. The lowest BCUT2D eigenvalue weighted by molar-refractivity contribution is -0.759. The second-order valence-electron chi connectivity index (χ2n) is 3.18. The summed E-state index contributed by atoms with van der Waals surface area (Å²) >= 11 is 8.97. The van der Waals surface area contributed by atoms with Crippen LogP contribution in [0.2, 0.25) is 0 Å². The van der Waals surface area contributed by atoms with Gasteiger partial charge in [-0.25, -0.2) is 0 Å². The maximum atomic E-state index is 12.9. The summed E-state index contributed by atoms with van der Waals surface area (Å²) < 4.78 is 60.0. The molecule has 106 valence electrons. The molecule has 1 heterocycles. The van der Waals surface area contributed by atoms with Gasteiger partial charge in [0.2, 0.25) is 0 Å². The van der Waals surface area contributed by atoms with Crippen molar-refractivity contribution in [1.82, 2.24) is 0 Å². The average molecular weight is 318 g/mol. The van der Waals surface area contributed by atoms with Crippen molar-refractivity contribution in [3.05, 3.63) is 10.1 Å². The molecule has 1 unspecified atom stereocenters. The van der Waals surface area contributed by atoms with Gasteiger partial charge in [0.05, 0.1) is 6.61 Å². The lowest BCUT2D eigenvalue weighted by atomic mass is 10.3. The summed E-state index contributed by atoms with van der Waals surface area (Å²) in [5, 5.41) is -0.702. The number of ether oxygens (including phenoxy) is 2. The van der Waals surface area contributed by atoms with Gasteiger partial charge in [-0.1, -0.05) is 0 Å². The molecule has 0 spiro atoms. The standard InChI is InChI=1S/C6H5Cl2F4NO5/c7-5(9,10)4(6(8,11)12)16-1-3(18-4)2-17-13(14)15/h3H,1-2H2. The van der Waals surface area contributed by atoms with Crippen LogP contribution in [0.4, 0.5) is 17.6 Å². The molecule has 6 nitrogen and oxygen atoms in total. The molecule has 0 aromatic carbocycles. The van der Waals surface area contributed by atoms with Gasteiger partial charge in [-0.3, -0.25) is 0 Å². The van der Waals surface area contributed by atoms with Gasteiger partial charge in [0, 0.05) is 0 Å². The Morgan fingerprint density at radius 1 is 1.39 bits per heavy atom. The van der Waals surface area contributed by atoms with Crippen LogP contribution in [0.5, 0.6) is 0 Å². The third-order valence-electron chi connectivity index (χ3n) is 1.92. The lowest BCUT2D eigenvalue weighted by Gasteiger charge is -2.34. The second-order valence-corrected chi connectivity index (χ2v) is 4.13. The summed E-state index contributed by atoms with van der Waals surface area (Å²) in [5.74, 6) is -3.91. The summed E-state index contributed by atoms with van der Waals surface area (Å²) in [6, 6.07) is 0. The van der Waals surface area contributed by atoms with E-state index in [4.69, 9.17) is 0 Å². The molecule has 0 saturated carbocycles. The van der Waals surface area contributed by atoms with Gasteiger partial charge < -0.3 is 14.3 Å². The van der Waals surface area contributed by atoms with Crippen molar-refractivity contribution in [2.45, 2.75) is 22.7 Å². The minimum atomic E-state index is -4.65. The predicted molar refractivity (Wildman–Crippen MR) is 48.1 cm³/mol. The molecule has 0 aromatic rings. The van der Waals surface area contributed by atoms with E-state index >= 15 is 0 Å². The van der Waals surface area contributed by atoms with Crippen LogP contribution in [0.3, 0.4) is 0 Å². The van der Waals surface area contributed by atoms with Crippen molar-refractivity contribution in [3.8, 4) is 0 Å². The van der Waals surface area contributed by atoms with E-state index in [9.17, 15) is 27.7 Å². The van der Waals surface area contributed by atoms with E-state index in [2.05, 4.69) is 37.5 Å². The Morgan fingerprint density at radius 3 is 2.22 bits per heavy atom. The quantitative estimate of drug-likeness (QED) is 0.335. The normalized spacial score (nSPS) is 24.0. The summed E-state index contributed by atoms with van der Waals surface area (Å²) in [5.41, 5.74) is 0. The van der Waals surface area contributed by atoms with Gasteiger partial charge >= 0.3 is 16.6 Å². The fourth-order valence-electron chi connectivity index (χ4n) is 1.20. The van der Waals surface area contributed by atoms with E-state index in [1.165, 1.54) is 0 Å². The second kappa shape index (κ2) is 4.83. The van der Waals surface area contributed by atoms with Crippen molar-refractivity contribution in [2.24, 2.45) is 0 Å². The Balaban J connectivity index is 2.83. The van der Waals surface area contributed by atoms with Crippen molar-refractivity contribution >= 4 is 23.2 Å². The smallest absolute Gasteiger partial charge is 0.335 e. The van der Waals surface area contributed by atoms with Crippen LogP contribution in [0.1, 0.15) is 0 Å². The zero-order valence-electron chi connectivity index (χ0n) is 8.25. The Labute approximate surface area is 107 Å². The molecular formula is C6H5Cl2F4NO5. The maximum absolute atomic E-state index is 12.9. The minimum Gasteiger partial charge on any atom is -0.335 e. The number of hydrogen-bond acceptors (Lipinski definition) is 5. The average Bonchev–Trinajstić information content (AvgIpc) is 2.57. The summed E-state index contributed by atoms with van der Waals surface area (Å²) in [7, 11) is 0. The molecule has 0 N–H and O–H groups in total. The van der Waals surface area contributed by atoms with Crippen LogP contribution in [0.15, 0.2) is 0 Å². The number of alkyl halides is 6. The number of rotatable bonds is 5. The first-order valence-corrected chi connectivity index (χ1v) is 4.98. The third kappa shape index (κ3) is 2.87. The molecule has 1 rings (SSSR count). The van der Waals surface area contributed by atoms with E-state index in [-0.39, 0.29) is 0 Å². The highest BCUT2D eigenvalue weighted by Crippen LogP contribution is 2.52. The molecular weight excluding hydrogens is 313 g/mol. The maximum Gasteiger partial charge on any atom is 0.382 e. The van der Waals surface area contributed by atoms with Crippen LogP contribution < -0.4 is 0 Å². The number of nitrogens with zero attached hydrogens (tertiary/aromatic N) is 1. The molecule has 12 heteroatoms. The molecule has 0 amide bonds. The fraction of sp³-hybridized carbons (Fsp3) is 1.00.